The molecule has 2 bridgehead atoms. The summed E-state index contributed by atoms with van der Waals surface area (Å²) in [5, 5.41) is 0. The van der Waals surface area contributed by atoms with Crippen molar-refractivity contribution in [3.8, 4) is 0 Å². The van der Waals surface area contributed by atoms with Crippen LogP contribution >= 0.6 is 0 Å². The largest absolute Gasteiger partial charge is 0.296 e. The molecule has 3 aliphatic carbocycles. The molecule has 18 heavy (non-hydrogen) atoms. The molecule has 3 aliphatic rings. The molecule has 0 radical (unpaired) electrons. The molecule has 0 aliphatic heterocycles. The van der Waals surface area contributed by atoms with Crippen LogP contribution in [0, 0.1) is 18.3 Å². The fourth-order valence-electron chi connectivity index (χ4n) is 3.10. The van der Waals surface area contributed by atoms with Gasteiger partial charge in [0, 0.05) is 0 Å². The van der Waals surface area contributed by atoms with Crippen molar-refractivity contribution in [2.45, 2.75) is 37.5 Å². The lowest BCUT2D eigenvalue weighted by Gasteiger charge is -2.62. The third kappa shape index (κ3) is 2.08. The number of hydrogen-bond donors (Lipinski definition) is 0. The van der Waals surface area contributed by atoms with Crippen LogP contribution in [-0.4, -0.2) is 15.0 Å². The predicted molar refractivity (Wildman–Crippen MR) is 68.7 cm³/mol. The van der Waals surface area contributed by atoms with Crippen molar-refractivity contribution >= 4 is 10.1 Å². The van der Waals surface area contributed by atoms with Gasteiger partial charge >= 0.3 is 0 Å². The first-order chi connectivity index (χ1) is 8.49. The van der Waals surface area contributed by atoms with Gasteiger partial charge in [-0.2, -0.15) is 8.42 Å². The second kappa shape index (κ2) is 4.07. The molecule has 0 amide bonds. The van der Waals surface area contributed by atoms with Crippen LogP contribution in [0.25, 0.3) is 0 Å². The summed E-state index contributed by atoms with van der Waals surface area (Å²) in [6.07, 6.45) is 4.72. The van der Waals surface area contributed by atoms with E-state index in [0.717, 1.165) is 17.9 Å². The minimum absolute atomic E-state index is 0.255. The lowest BCUT2D eigenvalue weighted by Crippen LogP contribution is -2.52. The Morgan fingerprint density at radius 1 is 1.22 bits per heavy atom. The van der Waals surface area contributed by atoms with Gasteiger partial charge in [0.25, 0.3) is 10.1 Å². The SMILES string of the molecule is Cc1ccc(S(=O)(=O)OCCC23CC(C2)C3)cc1. The molecule has 0 saturated heterocycles. The summed E-state index contributed by atoms with van der Waals surface area (Å²) in [6, 6.07) is 6.78. The van der Waals surface area contributed by atoms with Crippen molar-refractivity contribution in [2.75, 3.05) is 6.61 Å². The fraction of sp³-hybridized carbons (Fsp3) is 0.571. The van der Waals surface area contributed by atoms with E-state index < -0.39 is 10.1 Å². The van der Waals surface area contributed by atoms with Crippen molar-refractivity contribution in [2.24, 2.45) is 11.3 Å². The molecule has 0 unspecified atom stereocenters. The van der Waals surface area contributed by atoms with E-state index >= 15 is 0 Å². The van der Waals surface area contributed by atoms with E-state index in [1.165, 1.54) is 19.3 Å². The first kappa shape index (κ1) is 12.2. The molecule has 1 aromatic carbocycles. The van der Waals surface area contributed by atoms with Gasteiger partial charge in [-0.25, -0.2) is 0 Å². The average Bonchev–Trinajstić information content (AvgIpc) is 2.20. The zero-order valence-electron chi connectivity index (χ0n) is 10.6. The van der Waals surface area contributed by atoms with E-state index in [-0.39, 0.29) is 4.90 Å². The number of aryl methyl sites for hydroxylation is 1. The molecule has 0 aromatic heterocycles. The lowest BCUT2D eigenvalue weighted by atomic mass is 9.43. The third-order valence-corrected chi connectivity index (χ3v) is 5.67. The Bertz CT molecular complexity index is 528. The van der Waals surface area contributed by atoms with Crippen LogP contribution in [0.2, 0.25) is 0 Å². The summed E-state index contributed by atoms with van der Waals surface area (Å²) < 4.78 is 29.0. The van der Waals surface area contributed by atoms with Crippen molar-refractivity contribution in [3.05, 3.63) is 29.8 Å². The molecule has 4 heteroatoms. The summed E-state index contributed by atoms with van der Waals surface area (Å²) in [5.41, 5.74) is 1.48. The fourth-order valence-corrected chi connectivity index (χ4v) is 4.01. The standard InChI is InChI=1S/C14H18O3S/c1-11-2-4-13(5-3-11)18(15,16)17-7-6-14-8-12(9-14)10-14/h2-5,12H,6-10H2,1H3. The predicted octanol–water partition coefficient (Wildman–Crippen LogP) is 2.89. The lowest BCUT2D eigenvalue weighted by molar-refractivity contribution is -0.117. The summed E-state index contributed by atoms with van der Waals surface area (Å²) in [5.74, 6) is 0.929. The average molecular weight is 266 g/mol. The van der Waals surface area contributed by atoms with Crippen molar-refractivity contribution in [1.82, 2.24) is 0 Å². The Morgan fingerprint density at radius 2 is 1.83 bits per heavy atom. The maximum absolute atomic E-state index is 11.9. The molecule has 98 valence electrons. The molecule has 0 atom stereocenters. The quantitative estimate of drug-likeness (QED) is 0.770. The van der Waals surface area contributed by atoms with Gasteiger partial charge in [-0.3, -0.25) is 4.18 Å². The van der Waals surface area contributed by atoms with Gasteiger partial charge in [0.1, 0.15) is 0 Å². The second-order valence-corrected chi connectivity index (χ2v) is 7.43. The van der Waals surface area contributed by atoms with E-state index in [2.05, 4.69) is 0 Å². The molecule has 3 nitrogen and oxygen atoms in total. The molecule has 1 aromatic rings. The van der Waals surface area contributed by atoms with Crippen LogP contribution in [-0.2, 0) is 14.3 Å². The van der Waals surface area contributed by atoms with Gasteiger partial charge in [0.2, 0.25) is 0 Å². The highest BCUT2D eigenvalue weighted by atomic mass is 32.2. The Labute approximate surface area is 108 Å². The van der Waals surface area contributed by atoms with E-state index in [9.17, 15) is 8.42 Å². The van der Waals surface area contributed by atoms with Gasteiger partial charge in [0.15, 0.2) is 0 Å². The molecular formula is C14H18O3S. The Kier molecular flexibility index (Phi) is 2.75. The van der Waals surface area contributed by atoms with Gasteiger partial charge < -0.3 is 0 Å². The van der Waals surface area contributed by atoms with E-state index in [4.69, 9.17) is 4.18 Å². The molecule has 0 spiro atoms. The zero-order chi connectivity index (χ0) is 12.8. The smallest absolute Gasteiger partial charge is 0.266 e. The number of benzene rings is 1. The summed E-state index contributed by atoms with van der Waals surface area (Å²) in [6.45, 7) is 2.25. The van der Waals surface area contributed by atoms with E-state index in [0.29, 0.717) is 12.0 Å². The van der Waals surface area contributed by atoms with E-state index in [1.54, 1.807) is 24.3 Å². The molecular weight excluding hydrogens is 248 g/mol. The number of hydrogen-bond acceptors (Lipinski definition) is 3. The second-order valence-electron chi connectivity index (χ2n) is 5.82. The van der Waals surface area contributed by atoms with Crippen molar-refractivity contribution < 1.29 is 12.6 Å². The van der Waals surface area contributed by atoms with Gasteiger partial charge in [-0.05, 0) is 56.1 Å². The molecule has 0 heterocycles. The monoisotopic (exact) mass is 266 g/mol. The highest BCUT2D eigenvalue weighted by Gasteiger charge is 2.55. The first-order valence-corrected chi connectivity index (χ1v) is 7.86. The summed E-state index contributed by atoms with van der Waals surface area (Å²) >= 11 is 0. The summed E-state index contributed by atoms with van der Waals surface area (Å²) in [4.78, 5) is 0.255. The van der Waals surface area contributed by atoms with Crippen LogP contribution < -0.4 is 0 Å². The topological polar surface area (TPSA) is 43.4 Å². The van der Waals surface area contributed by atoms with Gasteiger partial charge in [-0.1, -0.05) is 17.7 Å². The van der Waals surface area contributed by atoms with Crippen LogP contribution in [0.3, 0.4) is 0 Å². The maximum atomic E-state index is 11.9. The zero-order valence-corrected chi connectivity index (χ0v) is 11.4. The minimum Gasteiger partial charge on any atom is -0.266 e. The highest BCUT2D eigenvalue weighted by molar-refractivity contribution is 7.86. The molecule has 4 rings (SSSR count). The molecule has 3 fully saturated rings. The maximum Gasteiger partial charge on any atom is 0.296 e. The first-order valence-electron chi connectivity index (χ1n) is 6.45. The normalized spacial score (nSPS) is 29.5. The van der Waals surface area contributed by atoms with Crippen LogP contribution in [0.5, 0.6) is 0 Å². The van der Waals surface area contributed by atoms with Gasteiger partial charge in [0.05, 0.1) is 11.5 Å². The summed E-state index contributed by atoms with van der Waals surface area (Å²) in [7, 11) is -3.57. The van der Waals surface area contributed by atoms with Gasteiger partial charge in [-0.15, -0.1) is 0 Å². The third-order valence-electron chi connectivity index (χ3n) is 4.35. The highest BCUT2D eigenvalue weighted by Crippen LogP contribution is 2.66. The Balaban J connectivity index is 1.58. The Hall–Kier alpha value is -0.870. The Morgan fingerprint density at radius 3 is 2.33 bits per heavy atom. The minimum atomic E-state index is -3.57. The van der Waals surface area contributed by atoms with Crippen molar-refractivity contribution in [1.29, 1.82) is 0 Å². The van der Waals surface area contributed by atoms with Crippen LogP contribution in [0.4, 0.5) is 0 Å². The number of rotatable bonds is 5. The molecule has 3 saturated carbocycles. The van der Waals surface area contributed by atoms with Crippen LogP contribution in [0.1, 0.15) is 31.2 Å². The van der Waals surface area contributed by atoms with Crippen molar-refractivity contribution in [3.63, 3.8) is 0 Å². The van der Waals surface area contributed by atoms with E-state index in [1.807, 2.05) is 6.92 Å². The van der Waals surface area contributed by atoms with Crippen LogP contribution in [0.15, 0.2) is 29.2 Å². The molecule has 0 N–H and O–H groups in total.